The summed E-state index contributed by atoms with van der Waals surface area (Å²) in [6.07, 6.45) is 0.343. The number of amides is 1. The van der Waals surface area contributed by atoms with Gasteiger partial charge in [-0.05, 0) is 30.7 Å². The smallest absolute Gasteiger partial charge is 0.223 e. The van der Waals surface area contributed by atoms with Gasteiger partial charge in [-0.3, -0.25) is 4.79 Å². The molecule has 0 saturated heterocycles. The number of nitrogens with one attached hydrogen (secondary N) is 1. The molecular formula is C20H22N2O2S. The Bertz CT molecular complexity index is 723. The molecule has 0 aromatic heterocycles. The van der Waals surface area contributed by atoms with Crippen molar-refractivity contribution in [2.24, 2.45) is 0 Å². The van der Waals surface area contributed by atoms with Gasteiger partial charge < -0.3 is 10.1 Å². The Labute approximate surface area is 153 Å². The third-order valence-electron chi connectivity index (χ3n) is 3.58. The molecule has 0 heterocycles. The highest BCUT2D eigenvalue weighted by molar-refractivity contribution is 7.98. The lowest BCUT2D eigenvalue weighted by atomic mass is 10.1. The van der Waals surface area contributed by atoms with Crippen LogP contribution in [0.3, 0.4) is 0 Å². The summed E-state index contributed by atoms with van der Waals surface area (Å²) in [5.74, 6) is 2.36. The molecule has 25 heavy (non-hydrogen) atoms. The molecule has 0 bridgehead atoms. The van der Waals surface area contributed by atoms with Crippen LogP contribution in [0.15, 0.2) is 48.5 Å². The third-order valence-corrected chi connectivity index (χ3v) is 4.59. The van der Waals surface area contributed by atoms with E-state index in [4.69, 9.17) is 10.00 Å². The maximum absolute atomic E-state index is 11.8. The molecule has 0 spiro atoms. The van der Waals surface area contributed by atoms with Crippen LogP contribution in [-0.4, -0.2) is 24.8 Å². The Morgan fingerprint density at radius 3 is 2.72 bits per heavy atom. The number of nitrogens with zero attached hydrogens (tertiary/aromatic N) is 1. The molecule has 0 fully saturated rings. The third kappa shape index (κ3) is 6.90. The summed E-state index contributed by atoms with van der Waals surface area (Å²) < 4.78 is 5.55. The molecule has 4 nitrogen and oxygen atoms in total. The molecule has 1 amide bonds. The quantitative estimate of drug-likeness (QED) is 0.698. The monoisotopic (exact) mass is 354 g/mol. The lowest BCUT2D eigenvalue weighted by molar-refractivity contribution is -0.121. The Kier molecular flexibility index (Phi) is 7.87. The van der Waals surface area contributed by atoms with E-state index in [2.05, 4.69) is 11.4 Å². The van der Waals surface area contributed by atoms with Crippen LogP contribution >= 0.6 is 11.8 Å². The van der Waals surface area contributed by atoms with E-state index in [1.54, 1.807) is 11.8 Å². The number of hydrogen-bond acceptors (Lipinski definition) is 4. The highest BCUT2D eigenvalue weighted by atomic mass is 32.2. The predicted octanol–water partition coefficient (Wildman–Crippen LogP) is 3.69. The van der Waals surface area contributed by atoms with E-state index in [9.17, 15) is 4.79 Å². The topological polar surface area (TPSA) is 62.1 Å². The first kappa shape index (κ1) is 18.9. The number of ether oxygens (including phenoxy) is 1. The van der Waals surface area contributed by atoms with Gasteiger partial charge in [-0.1, -0.05) is 35.9 Å². The number of thioether (sulfide) groups is 1. The second kappa shape index (κ2) is 10.4. The Morgan fingerprint density at radius 2 is 1.96 bits per heavy atom. The zero-order chi connectivity index (χ0) is 17.9. The minimum absolute atomic E-state index is 0.00913. The van der Waals surface area contributed by atoms with Crippen molar-refractivity contribution < 1.29 is 9.53 Å². The average molecular weight is 354 g/mol. The number of rotatable bonds is 9. The lowest BCUT2D eigenvalue weighted by Gasteiger charge is -2.08. The SMILES string of the molecule is Cc1ccc(OCCC(=O)NCCSCc2ccccc2C#N)cc1. The van der Waals surface area contributed by atoms with Crippen molar-refractivity contribution in [2.75, 3.05) is 18.9 Å². The standard InChI is InChI=1S/C20H22N2O2S/c1-16-6-8-19(9-7-16)24-12-10-20(23)22-11-13-25-15-18-5-3-2-4-17(18)14-21/h2-9H,10-13,15H2,1H3,(H,22,23). The molecule has 0 aliphatic heterocycles. The molecule has 0 radical (unpaired) electrons. The maximum atomic E-state index is 11.8. The molecule has 0 atom stereocenters. The summed E-state index contributed by atoms with van der Waals surface area (Å²) in [4.78, 5) is 11.8. The molecule has 0 aliphatic rings. The van der Waals surface area contributed by atoms with Crippen LogP contribution in [0.2, 0.25) is 0 Å². The molecule has 2 rings (SSSR count). The fourth-order valence-electron chi connectivity index (χ4n) is 2.18. The first-order valence-electron chi connectivity index (χ1n) is 8.21. The molecule has 130 valence electrons. The first-order chi connectivity index (χ1) is 12.2. The van der Waals surface area contributed by atoms with Gasteiger partial charge in [0.2, 0.25) is 5.91 Å². The van der Waals surface area contributed by atoms with Crippen molar-refractivity contribution in [3.8, 4) is 11.8 Å². The molecule has 0 aliphatic carbocycles. The Hall–Kier alpha value is -2.45. The second-order valence-corrected chi connectivity index (χ2v) is 6.69. The predicted molar refractivity (Wildman–Crippen MR) is 102 cm³/mol. The number of aryl methyl sites for hydroxylation is 1. The lowest BCUT2D eigenvalue weighted by Crippen LogP contribution is -2.27. The summed E-state index contributed by atoms with van der Waals surface area (Å²) >= 11 is 1.70. The van der Waals surface area contributed by atoms with Crippen LogP contribution in [0, 0.1) is 18.3 Å². The minimum atomic E-state index is -0.00913. The van der Waals surface area contributed by atoms with Gasteiger partial charge in [-0.15, -0.1) is 0 Å². The van der Waals surface area contributed by atoms with Gasteiger partial charge in [0.1, 0.15) is 5.75 Å². The van der Waals surface area contributed by atoms with Crippen LogP contribution in [-0.2, 0) is 10.5 Å². The summed E-state index contributed by atoms with van der Waals surface area (Å²) in [5.41, 5.74) is 2.93. The molecule has 2 aromatic carbocycles. The second-order valence-electron chi connectivity index (χ2n) is 5.58. The van der Waals surface area contributed by atoms with Crippen LogP contribution in [0.25, 0.3) is 0 Å². The molecule has 0 unspecified atom stereocenters. The Balaban J connectivity index is 1.56. The normalized spacial score (nSPS) is 10.1. The molecular weight excluding hydrogens is 332 g/mol. The largest absolute Gasteiger partial charge is 0.493 e. The zero-order valence-corrected chi connectivity index (χ0v) is 15.1. The minimum Gasteiger partial charge on any atom is -0.493 e. The highest BCUT2D eigenvalue weighted by Crippen LogP contribution is 2.15. The first-order valence-corrected chi connectivity index (χ1v) is 9.36. The molecule has 0 saturated carbocycles. The van der Waals surface area contributed by atoms with Crippen LogP contribution < -0.4 is 10.1 Å². The molecule has 2 aromatic rings. The van der Waals surface area contributed by atoms with E-state index in [0.717, 1.165) is 22.8 Å². The fourth-order valence-corrected chi connectivity index (χ4v) is 3.05. The van der Waals surface area contributed by atoms with Gasteiger partial charge in [0.15, 0.2) is 0 Å². The van der Waals surface area contributed by atoms with E-state index >= 15 is 0 Å². The van der Waals surface area contributed by atoms with Gasteiger partial charge in [-0.25, -0.2) is 0 Å². The van der Waals surface area contributed by atoms with Crippen molar-refractivity contribution in [1.29, 1.82) is 5.26 Å². The van der Waals surface area contributed by atoms with Crippen molar-refractivity contribution in [3.63, 3.8) is 0 Å². The summed E-state index contributed by atoms with van der Waals surface area (Å²) in [7, 11) is 0. The highest BCUT2D eigenvalue weighted by Gasteiger charge is 2.03. The fraction of sp³-hybridized carbons (Fsp3) is 0.300. The number of carbonyl (C=O) groups is 1. The van der Waals surface area contributed by atoms with E-state index in [1.807, 2.05) is 55.5 Å². The van der Waals surface area contributed by atoms with Crippen LogP contribution in [0.5, 0.6) is 5.75 Å². The Morgan fingerprint density at radius 1 is 1.20 bits per heavy atom. The van der Waals surface area contributed by atoms with E-state index in [1.165, 1.54) is 5.56 Å². The van der Waals surface area contributed by atoms with E-state index in [-0.39, 0.29) is 5.91 Å². The van der Waals surface area contributed by atoms with Gasteiger partial charge in [-0.2, -0.15) is 17.0 Å². The van der Waals surface area contributed by atoms with E-state index in [0.29, 0.717) is 25.1 Å². The zero-order valence-electron chi connectivity index (χ0n) is 14.3. The van der Waals surface area contributed by atoms with Gasteiger partial charge in [0.05, 0.1) is 24.7 Å². The summed E-state index contributed by atoms with van der Waals surface area (Å²) in [6.45, 7) is 3.01. The van der Waals surface area contributed by atoms with Gasteiger partial charge in [0, 0.05) is 18.1 Å². The van der Waals surface area contributed by atoms with Crippen molar-refractivity contribution in [3.05, 3.63) is 65.2 Å². The van der Waals surface area contributed by atoms with Gasteiger partial charge in [0.25, 0.3) is 0 Å². The summed E-state index contributed by atoms with van der Waals surface area (Å²) in [5, 5.41) is 11.9. The van der Waals surface area contributed by atoms with E-state index < -0.39 is 0 Å². The average Bonchev–Trinajstić information content (AvgIpc) is 2.63. The van der Waals surface area contributed by atoms with Gasteiger partial charge >= 0.3 is 0 Å². The molecule has 5 heteroatoms. The maximum Gasteiger partial charge on any atom is 0.223 e. The number of benzene rings is 2. The van der Waals surface area contributed by atoms with Crippen molar-refractivity contribution >= 4 is 17.7 Å². The summed E-state index contributed by atoms with van der Waals surface area (Å²) in [6, 6.07) is 17.6. The number of hydrogen-bond donors (Lipinski definition) is 1. The van der Waals surface area contributed by atoms with Crippen molar-refractivity contribution in [1.82, 2.24) is 5.32 Å². The van der Waals surface area contributed by atoms with Crippen LogP contribution in [0.4, 0.5) is 0 Å². The van der Waals surface area contributed by atoms with Crippen molar-refractivity contribution in [2.45, 2.75) is 19.1 Å². The van der Waals surface area contributed by atoms with Crippen LogP contribution in [0.1, 0.15) is 23.1 Å². The number of carbonyl (C=O) groups excluding carboxylic acids is 1. The molecule has 1 N–H and O–H groups in total. The number of nitriles is 1.